The SMILES string of the molecule is CCCCCCn1c2ccccc2c2ccc(-c3nc4c(Br)ccc(Br)c4nc3-c3ccccc3)cc21.CCCCCCn1c2ccccc2c2ccc(C(=O)C(=O)c3ccccc3)cc21.Nc1c(Br)ccc(Br)c1N. The van der Waals surface area contributed by atoms with Crippen molar-refractivity contribution in [2.24, 2.45) is 0 Å². The maximum absolute atomic E-state index is 12.9. The lowest BCUT2D eigenvalue weighted by Gasteiger charge is -2.13. The molecule has 0 aliphatic heterocycles. The molecule has 0 amide bonds. The lowest BCUT2D eigenvalue weighted by molar-refractivity contribution is 0.0817. The van der Waals surface area contributed by atoms with Crippen LogP contribution in [0.4, 0.5) is 11.4 Å². The predicted octanol–water partition coefficient (Wildman–Crippen LogP) is 19.0. The molecule has 3 heterocycles. The number of ketones is 2. The van der Waals surface area contributed by atoms with E-state index in [1.807, 2.05) is 54.6 Å². The van der Waals surface area contributed by atoms with Crippen molar-refractivity contribution >= 4 is 141 Å². The molecule has 12 heteroatoms. The Kier molecular flexibility index (Phi) is 18.0. The first-order chi connectivity index (χ1) is 37.0. The van der Waals surface area contributed by atoms with Gasteiger partial charge >= 0.3 is 0 Å². The Hall–Kier alpha value is -6.44. The van der Waals surface area contributed by atoms with Crippen molar-refractivity contribution < 1.29 is 9.59 Å². The van der Waals surface area contributed by atoms with E-state index >= 15 is 0 Å². The van der Waals surface area contributed by atoms with Gasteiger partial charge in [-0.05, 0) is 125 Å². The number of fused-ring (bicyclic) bond motifs is 7. The zero-order valence-corrected chi connectivity index (χ0v) is 48.9. The van der Waals surface area contributed by atoms with Gasteiger partial charge in [0, 0.05) is 96.8 Å². The number of carbonyl (C=O) groups excluding carboxylic acids is 2. The molecule has 11 aromatic rings. The van der Waals surface area contributed by atoms with Gasteiger partial charge in [0.15, 0.2) is 0 Å². The second-order valence-corrected chi connectivity index (χ2v) is 22.2. The van der Waals surface area contributed by atoms with Gasteiger partial charge in [-0.2, -0.15) is 0 Å². The molecule has 0 radical (unpaired) electrons. The first-order valence-electron chi connectivity index (χ1n) is 25.9. The number of rotatable bonds is 15. The van der Waals surface area contributed by atoms with Gasteiger partial charge in [0.25, 0.3) is 0 Å². The Labute approximate surface area is 477 Å². The first-order valence-corrected chi connectivity index (χ1v) is 29.0. The number of anilines is 2. The van der Waals surface area contributed by atoms with E-state index < -0.39 is 11.6 Å². The monoisotopic (exact) mass is 1260 g/mol. The number of nitrogen functional groups attached to an aromatic ring is 2. The normalized spacial score (nSPS) is 11.2. The van der Waals surface area contributed by atoms with Crippen LogP contribution in [0.25, 0.3) is 77.2 Å². The van der Waals surface area contributed by atoms with Crippen LogP contribution in [0.15, 0.2) is 188 Å². The molecule has 0 saturated carbocycles. The van der Waals surface area contributed by atoms with E-state index in [1.54, 1.807) is 30.3 Å². The Morgan fingerprint density at radius 1 is 0.408 bits per heavy atom. The molecule has 0 unspecified atom stereocenters. The number of benzene rings is 8. The molecular weight excluding hydrogens is 1200 g/mol. The lowest BCUT2D eigenvalue weighted by atomic mass is 10.0. The topological polar surface area (TPSA) is 122 Å². The molecule has 11 rings (SSSR count). The van der Waals surface area contributed by atoms with Crippen LogP contribution in [-0.2, 0) is 13.1 Å². The molecule has 0 fully saturated rings. The number of nitrogens with zero attached hydrogens (tertiary/aromatic N) is 4. The summed E-state index contributed by atoms with van der Waals surface area (Å²) in [6.07, 6.45) is 9.67. The van der Waals surface area contributed by atoms with Crippen LogP contribution in [-0.4, -0.2) is 30.7 Å². The summed E-state index contributed by atoms with van der Waals surface area (Å²) in [6, 6.07) is 56.3. The third-order valence-electron chi connectivity index (χ3n) is 13.7. The van der Waals surface area contributed by atoms with Gasteiger partial charge in [0.2, 0.25) is 11.6 Å². The number of hydrogen-bond acceptors (Lipinski definition) is 6. The van der Waals surface area contributed by atoms with Crippen molar-refractivity contribution in [2.45, 2.75) is 78.3 Å². The Balaban J connectivity index is 0.000000160. The summed E-state index contributed by atoms with van der Waals surface area (Å²) in [6.45, 7) is 6.40. The smallest absolute Gasteiger partial charge is 0.233 e. The molecule has 0 saturated heterocycles. The zero-order valence-electron chi connectivity index (χ0n) is 42.5. The predicted molar refractivity (Wildman–Crippen MR) is 332 cm³/mol. The minimum Gasteiger partial charge on any atom is -0.396 e. The van der Waals surface area contributed by atoms with E-state index in [1.165, 1.54) is 77.7 Å². The van der Waals surface area contributed by atoms with Crippen LogP contribution in [0.5, 0.6) is 0 Å². The zero-order chi connectivity index (χ0) is 53.3. The largest absolute Gasteiger partial charge is 0.396 e. The molecular formula is C64H58Br4N6O2. The van der Waals surface area contributed by atoms with Gasteiger partial charge in [-0.1, -0.05) is 174 Å². The van der Waals surface area contributed by atoms with E-state index in [4.69, 9.17) is 21.4 Å². The molecule has 0 spiro atoms. The van der Waals surface area contributed by atoms with Crippen LogP contribution >= 0.6 is 63.7 Å². The highest BCUT2D eigenvalue weighted by atomic mass is 79.9. The first kappa shape index (κ1) is 54.4. The molecule has 0 bridgehead atoms. The molecule has 0 aliphatic carbocycles. The summed E-state index contributed by atoms with van der Waals surface area (Å²) in [5.74, 6) is -0.920. The molecule has 4 N–H and O–H groups in total. The molecule has 384 valence electrons. The molecule has 0 atom stereocenters. The number of unbranched alkanes of at least 4 members (excludes halogenated alkanes) is 6. The van der Waals surface area contributed by atoms with Crippen LogP contribution < -0.4 is 11.5 Å². The fraction of sp³-hybridized carbons (Fsp3) is 0.188. The Morgan fingerprint density at radius 2 is 0.829 bits per heavy atom. The van der Waals surface area contributed by atoms with Gasteiger partial charge in [0.05, 0.1) is 22.8 Å². The minimum atomic E-state index is -0.462. The van der Waals surface area contributed by atoms with E-state index in [9.17, 15) is 9.59 Å². The lowest BCUT2D eigenvalue weighted by Crippen LogP contribution is -2.14. The number of halogens is 4. The third kappa shape index (κ3) is 11.8. The van der Waals surface area contributed by atoms with Crippen LogP contribution in [0.3, 0.4) is 0 Å². The average molecular weight is 1260 g/mol. The second-order valence-electron chi connectivity index (χ2n) is 18.8. The van der Waals surface area contributed by atoms with Crippen molar-refractivity contribution in [3.05, 3.63) is 199 Å². The van der Waals surface area contributed by atoms with Gasteiger partial charge in [0.1, 0.15) is 11.0 Å². The molecule has 0 aliphatic rings. The highest BCUT2D eigenvalue weighted by molar-refractivity contribution is 9.11. The van der Waals surface area contributed by atoms with Gasteiger partial charge in [-0.25, -0.2) is 9.97 Å². The number of aromatic nitrogens is 4. The van der Waals surface area contributed by atoms with Gasteiger partial charge in [-0.15, -0.1) is 0 Å². The standard InChI is InChI=1S/C32H27Br2N3.C26H25NO2.C6H6Br2N2/c1-2-3-4-10-19-37-27-14-9-8-13-23(27)24-16-15-22(20-28(24)37)30-29(21-11-6-5-7-12-21)35-31-25(33)17-18-26(34)32(31)36-30;1-2-3-4-10-17-27-23-14-9-8-13-21(23)22-16-15-20(18-24(22)27)26(29)25(28)19-11-6-5-7-12-19;7-3-1-2-4(8)6(10)5(3)9/h5-9,11-18,20H,2-4,10,19H2,1H3;5-9,11-16,18H,2-4,10,17H2,1H3;1-2H,9-10H2. The fourth-order valence-corrected chi connectivity index (χ4v) is 11.3. The van der Waals surface area contributed by atoms with E-state index in [0.717, 1.165) is 81.9 Å². The number of aryl methyl sites for hydroxylation is 2. The highest BCUT2D eigenvalue weighted by Crippen LogP contribution is 2.39. The summed E-state index contributed by atoms with van der Waals surface area (Å²) in [5.41, 5.74) is 23.6. The number of hydrogen-bond donors (Lipinski definition) is 2. The van der Waals surface area contributed by atoms with Crippen molar-refractivity contribution in [3.8, 4) is 22.5 Å². The van der Waals surface area contributed by atoms with Crippen molar-refractivity contribution in [1.29, 1.82) is 0 Å². The maximum Gasteiger partial charge on any atom is 0.233 e. The molecule has 8 aromatic carbocycles. The Bertz CT molecular complexity index is 3850. The second kappa shape index (κ2) is 25.1. The quantitative estimate of drug-likeness (QED) is 0.0456. The van der Waals surface area contributed by atoms with Crippen molar-refractivity contribution in [1.82, 2.24) is 19.1 Å². The van der Waals surface area contributed by atoms with Crippen molar-refractivity contribution in [3.63, 3.8) is 0 Å². The molecule has 76 heavy (non-hydrogen) atoms. The van der Waals surface area contributed by atoms with Crippen LogP contribution in [0.1, 0.15) is 85.9 Å². The number of carbonyl (C=O) groups is 2. The van der Waals surface area contributed by atoms with E-state index in [2.05, 4.69) is 172 Å². The van der Waals surface area contributed by atoms with E-state index in [0.29, 0.717) is 22.5 Å². The molecule has 8 nitrogen and oxygen atoms in total. The van der Waals surface area contributed by atoms with Gasteiger partial charge in [-0.3, -0.25) is 9.59 Å². The average Bonchev–Trinajstić information content (AvgIpc) is 3.98. The molecule has 3 aromatic heterocycles. The fourth-order valence-electron chi connectivity index (χ4n) is 9.77. The number of Topliss-reactive ketones (excluding diaryl/α,β-unsaturated/α-hetero) is 2. The summed E-state index contributed by atoms with van der Waals surface area (Å²) in [7, 11) is 0. The summed E-state index contributed by atoms with van der Waals surface area (Å²) < 4.78 is 8.31. The number of nitrogens with two attached hydrogens (primary N) is 2. The van der Waals surface area contributed by atoms with E-state index in [-0.39, 0.29) is 0 Å². The van der Waals surface area contributed by atoms with Crippen LogP contribution in [0, 0.1) is 0 Å². The minimum absolute atomic E-state index is 0.428. The van der Waals surface area contributed by atoms with Crippen LogP contribution in [0.2, 0.25) is 0 Å². The van der Waals surface area contributed by atoms with Gasteiger partial charge < -0.3 is 20.6 Å². The maximum atomic E-state index is 12.9. The number of para-hydroxylation sites is 2. The highest BCUT2D eigenvalue weighted by Gasteiger charge is 2.21. The Morgan fingerprint density at radius 3 is 1.36 bits per heavy atom. The summed E-state index contributed by atoms with van der Waals surface area (Å²) in [4.78, 5) is 35.8. The summed E-state index contributed by atoms with van der Waals surface area (Å²) in [5, 5.41) is 4.90. The summed E-state index contributed by atoms with van der Waals surface area (Å²) >= 11 is 13.9. The van der Waals surface area contributed by atoms with Crippen molar-refractivity contribution in [2.75, 3.05) is 11.5 Å². The third-order valence-corrected chi connectivity index (χ3v) is 16.4.